The van der Waals surface area contributed by atoms with E-state index in [1.165, 1.54) is 10.4 Å². The third kappa shape index (κ3) is 2.12. The lowest BCUT2D eigenvalue weighted by molar-refractivity contribution is 0.835. The summed E-state index contributed by atoms with van der Waals surface area (Å²) in [5.41, 5.74) is 6.82. The van der Waals surface area contributed by atoms with E-state index in [1.807, 2.05) is 11.3 Å². The van der Waals surface area contributed by atoms with Gasteiger partial charge in [-0.15, -0.1) is 11.3 Å². The Balaban J connectivity index is 2.42. The number of hydrogen-bond acceptors (Lipinski definition) is 2. The van der Waals surface area contributed by atoms with Crippen molar-refractivity contribution in [2.24, 2.45) is 5.73 Å². The summed E-state index contributed by atoms with van der Waals surface area (Å²) in [5, 5.41) is 2.21. The topological polar surface area (TPSA) is 26.0 Å². The molecule has 0 atom stereocenters. The first kappa shape index (κ1) is 7.76. The van der Waals surface area contributed by atoms with Crippen molar-refractivity contribution in [1.29, 1.82) is 0 Å². The molecular weight excluding hydrogens is 142 g/mol. The van der Waals surface area contributed by atoms with Gasteiger partial charge in [0.15, 0.2) is 0 Å². The lowest BCUT2D eigenvalue weighted by atomic mass is 10.2. The molecule has 1 aromatic heterocycles. The average Bonchev–Trinajstić information content (AvgIpc) is 2.31. The van der Waals surface area contributed by atoms with Crippen LogP contribution < -0.4 is 5.73 Å². The summed E-state index contributed by atoms with van der Waals surface area (Å²) < 4.78 is 0. The van der Waals surface area contributed by atoms with E-state index in [9.17, 15) is 0 Å². The van der Waals surface area contributed by atoms with Gasteiger partial charge in [0.05, 0.1) is 0 Å². The molecule has 0 saturated carbocycles. The molecule has 2 N–H and O–H groups in total. The molecule has 0 aliphatic heterocycles. The molecule has 1 rings (SSSR count). The van der Waals surface area contributed by atoms with Crippen LogP contribution in [-0.4, -0.2) is 6.54 Å². The predicted octanol–water partition coefficient (Wildman–Crippen LogP) is 1.95. The Bertz CT molecular complexity index is 193. The number of hydrogen-bond donors (Lipinski definition) is 1. The third-order valence-electron chi connectivity index (χ3n) is 1.45. The minimum absolute atomic E-state index is 0.800. The van der Waals surface area contributed by atoms with Crippen LogP contribution in [-0.2, 0) is 6.42 Å². The summed E-state index contributed by atoms with van der Waals surface area (Å²) in [7, 11) is 0. The smallest absolute Gasteiger partial charge is 0.00170 e. The standard InChI is InChI=1S/C8H13NS/c1-7-5-8(6-10-7)3-2-4-9/h5-6H,2-4,9H2,1H3. The average molecular weight is 155 g/mol. The summed E-state index contributed by atoms with van der Waals surface area (Å²) >= 11 is 1.81. The van der Waals surface area contributed by atoms with E-state index < -0.39 is 0 Å². The van der Waals surface area contributed by atoms with E-state index in [2.05, 4.69) is 18.4 Å². The molecule has 0 amide bonds. The van der Waals surface area contributed by atoms with Crippen molar-refractivity contribution in [3.8, 4) is 0 Å². The van der Waals surface area contributed by atoms with E-state index in [0.717, 1.165) is 19.4 Å². The Morgan fingerprint density at radius 1 is 1.60 bits per heavy atom. The highest BCUT2D eigenvalue weighted by Gasteiger charge is 1.93. The van der Waals surface area contributed by atoms with Gasteiger partial charge in [-0.3, -0.25) is 0 Å². The summed E-state index contributed by atoms with van der Waals surface area (Å²) in [5.74, 6) is 0. The van der Waals surface area contributed by atoms with Gasteiger partial charge >= 0.3 is 0 Å². The fourth-order valence-corrected chi connectivity index (χ4v) is 1.68. The van der Waals surface area contributed by atoms with Crippen LogP contribution in [0.3, 0.4) is 0 Å². The van der Waals surface area contributed by atoms with Crippen molar-refractivity contribution in [3.63, 3.8) is 0 Å². The molecular formula is C8H13NS. The second kappa shape index (κ2) is 3.74. The van der Waals surface area contributed by atoms with Crippen LogP contribution in [0.4, 0.5) is 0 Å². The summed E-state index contributed by atoms with van der Waals surface area (Å²) in [6, 6.07) is 2.24. The highest BCUT2D eigenvalue weighted by molar-refractivity contribution is 7.10. The molecule has 0 unspecified atom stereocenters. The molecule has 0 spiro atoms. The predicted molar refractivity (Wildman–Crippen MR) is 46.4 cm³/mol. The fraction of sp³-hybridized carbons (Fsp3) is 0.500. The second-order valence-corrected chi connectivity index (χ2v) is 3.57. The molecule has 0 radical (unpaired) electrons. The first-order valence-corrected chi connectivity index (χ1v) is 4.45. The van der Waals surface area contributed by atoms with Crippen molar-refractivity contribution >= 4 is 11.3 Å². The molecule has 1 nitrogen and oxygen atoms in total. The van der Waals surface area contributed by atoms with Crippen LogP contribution in [0.25, 0.3) is 0 Å². The minimum atomic E-state index is 0.800. The van der Waals surface area contributed by atoms with Crippen LogP contribution in [0.2, 0.25) is 0 Å². The summed E-state index contributed by atoms with van der Waals surface area (Å²) in [4.78, 5) is 1.40. The lowest BCUT2D eigenvalue weighted by Crippen LogP contribution is -1.99. The first-order valence-electron chi connectivity index (χ1n) is 3.57. The number of thiophene rings is 1. The molecule has 0 fully saturated rings. The van der Waals surface area contributed by atoms with Crippen molar-refractivity contribution in [2.75, 3.05) is 6.54 Å². The van der Waals surface area contributed by atoms with Gasteiger partial charge in [-0.1, -0.05) is 0 Å². The first-order chi connectivity index (χ1) is 4.83. The Morgan fingerprint density at radius 2 is 2.40 bits per heavy atom. The molecule has 10 heavy (non-hydrogen) atoms. The quantitative estimate of drug-likeness (QED) is 0.709. The summed E-state index contributed by atoms with van der Waals surface area (Å²) in [6.45, 7) is 2.94. The van der Waals surface area contributed by atoms with E-state index >= 15 is 0 Å². The van der Waals surface area contributed by atoms with E-state index in [0.29, 0.717) is 0 Å². The van der Waals surface area contributed by atoms with Crippen LogP contribution >= 0.6 is 11.3 Å². The fourth-order valence-electron chi connectivity index (χ4n) is 0.935. The summed E-state index contributed by atoms with van der Waals surface area (Å²) in [6.07, 6.45) is 2.25. The second-order valence-electron chi connectivity index (χ2n) is 2.46. The maximum Gasteiger partial charge on any atom is 0.00170 e. The number of aryl methyl sites for hydroxylation is 2. The van der Waals surface area contributed by atoms with Crippen molar-refractivity contribution in [2.45, 2.75) is 19.8 Å². The maximum atomic E-state index is 5.39. The van der Waals surface area contributed by atoms with Crippen LogP contribution in [0.5, 0.6) is 0 Å². The zero-order chi connectivity index (χ0) is 7.40. The van der Waals surface area contributed by atoms with Crippen LogP contribution in [0.1, 0.15) is 16.9 Å². The maximum absolute atomic E-state index is 5.39. The normalized spacial score (nSPS) is 10.2. The Hall–Kier alpha value is -0.340. The number of rotatable bonds is 3. The monoisotopic (exact) mass is 155 g/mol. The van der Waals surface area contributed by atoms with Gasteiger partial charge in [-0.05, 0) is 43.3 Å². The van der Waals surface area contributed by atoms with Gasteiger partial charge < -0.3 is 5.73 Å². The molecule has 0 aromatic carbocycles. The highest BCUT2D eigenvalue weighted by Crippen LogP contribution is 2.13. The van der Waals surface area contributed by atoms with Gasteiger partial charge in [0, 0.05) is 4.88 Å². The van der Waals surface area contributed by atoms with E-state index in [1.54, 1.807) is 0 Å². The van der Waals surface area contributed by atoms with Crippen molar-refractivity contribution in [1.82, 2.24) is 0 Å². The van der Waals surface area contributed by atoms with E-state index in [4.69, 9.17) is 5.73 Å². The highest BCUT2D eigenvalue weighted by atomic mass is 32.1. The van der Waals surface area contributed by atoms with Crippen molar-refractivity contribution in [3.05, 3.63) is 21.9 Å². The number of nitrogens with two attached hydrogens (primary N) is 1. The molecule has 1 heterocycles. The Morgan fingerprint density at radius 3 is 2.90 bits per heavy atom. The molecule has 56 valence electrons. The van der Waals surface area contributed by atoms with Gasteiger partial charge in [0.1, 0.15) is 0 Å². The Labute approximate surface area is 65.9 Å². The van der Waals surface area contributed by atoms with Crippen LogP contribution in [0, 0.1) is 6.92 Å². The SMILES string of the molecule is Cc1cc(CCCN)cs1. The molecule has 1 aromatic rings. The van der Waals surface area contributed by atoms with Gasteiger partial charge in [-0.25, -0.2) is 0 Å². The van der Waals surface area contributed by atoms with Gasteiger partial charge in [-0.2, -0.15) is 0 Å². The molecule has 0 bridgehead atoms. The van der Waals surface area contributed by atoms with E-state index in [-0.39, 0.29) is 0 Å². The third-order valence-corrected chi connectivity index (χ3v) is 2.36. The molecule has 0 saturated heterocycles. The molecule has 2 heteroatoms. The van der Waals surface area contributed by atoms with Crippen LogP contribution in [0.15, 0.2) is 11.4 Å². The molecule has 0 aliphatic carbocycles. The Kier molecular flexibility index (Phi) is 2.90. The largest absolute Gasteiger partial charge is 0.330 e. The van der Waals surface area contributed by atoms with Gasteiger partial charge in [0.25, 0.3) is 0 Å². The minimum Gasteiger partial charge on any atom is -0.330 e. The van der Waals surface area contributed by atoms with Gasteiger partial charge in [0.2, 0.25) is 0 Å². The zero-order valence-corrected chi connectivity index (χ0v) is 7.08. The van der Waals surface area contributed by atoms with Crippen molar-refractivity contribution < 1.29 is 0 Å². The lowest BCUT2D eigenvalue weighted by Gasteiger charge is -1.91. The molecule has 0 aliphatic rings. The zero-order valence-electron chi connectivity index (χ0n) is 6.26.